The summed E-state index contributed by atoms with van der Waals surface area (Å²) >= 11 is 5.85. The number of hydrogen-bond acceptors (Lipinski definition) is 7. The van der Waals surface area contributed by atoms with E-state index in [1.54, 1.807) is 14.2 Å². The number of carbonyl (C=O) groups excluding carboxylic acids is 1. The number of nitrogens with zero attached hydrogens (tertiary/aromatic N) is 3. The Balaban J connectivity index is 1.47. The molecule has 1 aliphatic rings. The van der Waals surface area contributed by atoms with Crippen LogP contribution in [-0.2, 0) is 19.4 Å². The number of carbonyl (C=O) groups is 1. The van der Waals surface area contributed by atoms with Gasteiger partial charge in [-0.2, -0.15) is 0 Å². The number of ketones is 1. The third-order valence-corrected chi connectivity index (χ3v) is 6.64. The van der Waals surface area contributed by atoms with Crippen molar-refractivity contribution in [2.24, 2.45) is 0 Å². The molecule has 0 radical (unpaired) electrons. The fraction of sp³-hybridized carbons (Fsp3) is 0.370. The van der Waals surface area contributed by atoms with E-state index in [1.807, 2.05) is 18.2 Å². The predicted molar refractivity (Wildman–Crippen MR) is 134 cm³/mol. The van der Waals surface area contributed by atoms with E-state index in [-0.39, 0.29) is 29.1 Å². The van der Waals surface area contributed by atoms with Gasteiger partial charge in [0.15, 0.2) is 5.78 Å². The number of aromatic nitrogens is 2. The molecule has 0 bridgehead atoms. The van der Waals surface area contributed by atoms with Crippen molar-refractivity contribution in [2.75, 3.05) is 20.8 Å². The smallest absolute Gasteiger partial charge is 0.182 e. The molecular weight excluding hydrogens is 466 g/mol. The predicted octanol–water partition coefficient (Wildman–Crippen LogP) is 4.14. The van der Waals surface area contributed by atoms with E-state index < -0.39 is 6.10 Å². The molecule has 1 atom stereocenters. The summed E-state index contributed by atoms with van der Waals surface area (Å²) in [5, 5.41) is 11.1. The quantitative estimate of drug-likeness (QED) is 0.400. The minimum Gasteiger partial charge on any atom is -0.497 e. The maximum atomic E-state index is 12.5. The summed E-state index contributed by atoms with van der Waals surface area (Å²) in [5.74, 6) is 1.29. The molecule has 0 spiro atoms. The summed E-state index contributed by atoms with van der Waals surface area (Å²) in [7, 11) is 3.27. The second-order valence-corrected chi connectivity index (χ2v) is 9.17. The third-order valence-electron chi connectivity index (χ3n) is 6.45. The number of hydrogen-bond donors (Lipinski definition) is 1. The molecule has 35 heavy (non-hydrogen) atoms. The Hall–Kier alpha value is -3.00. The summed E-state index contributed by atoms with van der Waals surface area (Å²) in [6.07, 6.45) is 4.43. The topological polar surface area (TPSA) is 84.8 Å². The van der Waals surface area contributed by atoms with Gasteiger partial charge < -0.3 is 14.6 Å². The molecule has 1 unspecified atom stereocenters. The highest BCUT2D eigenvalue weighted by molar-refractivity contribution is 6.29. The van der Waals surface area contributed by atoms with Crippen molar-refractivity contribution in [3.05, 3.63) is 82.4 Å². The van der Waals surface area contributed by atoms with E-state index in [2.05, 4.69) is 39.1 Å². The Morgan fingerprint density at radius 2 is 1.89 bits per heavy atom. The maximum Gasteiger partial charge on any atom is 0.182 e. The second-order valence-electron chi connectivity index (χ2n) is 8.78. The minimum atomic E-state index is -0.681. The molecule has 0 saturated carbocycles. The molecule has 0 aliphatic heterocycles. The lowest BCUT2D eigenvalue weighted by molar-refractivity contribution is 0.0714. The fourth-order valence-electron chi connectivity index (χ4n) is 4.60. The van der Waals surface area contributed by atoms with E-state index in [9.17, 15) is 9.90 Å². The van der Waals surface area contributed by atoms with Gasteiger partial charge in [0.2, 0.25) is 0 Å². The first-order chi connectivity index (χ1) is 17.0. The van der Waals surface area contributed by atoms with Crippen LogP contribution in [-0.4, -0.2) is 58.7 Å². The molecule has 1 N–H and O–H groups in total. The molecule has 1 heterocycles. The van der Waals surface area contributed by atoms with Crippen LogP contribution in [0.2, 0.25) is 5.15 Å². The standard InChI is InChI=1S/C27H30ClN3O4/c1-34-23-9-7-20(26(13-23)35-2)16-31(21-11-18-5-3-4-6-19(18)12-21)17-22(32)8-10-25(33)24-14-29-15-27(28)30-24/h3-7,9,13-15,21-22,32H,8,10-12,16-17H2,1-2H3. The lowest BCUT2D eigenvalue weighted by Gasteiger charge is -2.31. The van der Waals surface area contributed by atoms with Crippen LogP contribution in [0.25, 0.3) is 0 Å². The van der Waals surface area contributed by atoms with Crippen molar-refractivity contribution in [1.29, 1.82) is 0 Å². The highest BCUT2D eigenvalue weighted by atomic mass is 35.5. The highest BCUT2D eigenvalue weighted by Gasteiger charge is 2.29. The van der Waals surface area contributed by atoms with Crippen molar-refractivity contribution in [1.82, 2.24) is 14.9 Å². The van der Waals surface area contributed by atoms with Gasteiger partial charge in [0.25, 0.3) is 0 Å². The van der Waals surface area contributed by atoms with Crippen LogP contribution in [0.4, 0.5) is 0 Å². The SMILES string of the molecule is COc1ccc(CN(CC(O)CCC(=O)c2cncc(Cl)n2)C2Cc3ccccc3C2)c(OC)c1. The van der Waals surface area contributed by atoms with Crippen LogP contribution in [0.3, 0.4) is 0 Å². The minimum absolute atomic E-state index is 0.167. The molecule has 4 rings (SSSR count). The number of fused-ring (bicyclic) bond motifs is 1. The number of rotatable bonds is 11. The first-order valence-corrected chi connectivity index (χ1v) is 12.0. The summed E-state index contributed by atoms with van der Waals surface area (Å²) in [5.41, 5.74) is 3.92. The Labute approximate surface area is 210 Å². The van der Waals surface area contributed by atoms with Crippen LogP contribution in [0.5, 0.6) is 11.5 Å². The number of aliphatic hydroxyl groups excluding tert-OH is 1. The van der Waals surface area contributed by atoms with E-state index in [4.69, 9.17) is 21.1 Å². The first-order valence-electron chi connectivity index (χ1n) is 11.7. The van der Waals surface area contributed by atoms with Gasteiger partial charge in [-0.1, -0.05) is 41.9 Å². The number of methoxy groups -OCH3 is 2. The van der Waals surface area contributed by atoms with Gasteiger partial charge in [-0.15, -0.1) is 0 Å². The number of benzene rings is 2. The second kappa shape index (κ2) is 11.6. The average Bonchev–Trinajstić information content (AvgIpc) is 3.31. The lowest BCUT2D eigenvalue weighted by Crippen LogP contribution is -2.41. The summed E-state index contributed by atoms with van der Waals surface area (Å²) in [6, 6.07) is 14.5. The van der Waals surface area contributed by atoms with Gasteiger partial charge in [0.1, 0.15) is 22.3 Å². The fourth-order valence-corrected chi connectivity index (χ4v) is 4.75. The van der Waals surface area contributed by atoms with Crippen molar-refractivity contribution in [2.45, 2.75) is 44.4 Å². The summed E-state index contributed by atoms with van der Waals surface area (Å²) in [6.45, 7) is 1.04. The van der Waals surface area contributed by atoms with Gasteiger partial charge in [-0.25, -0.2) is 4.98 Å². The Morgan fingerprint density at radius 3 is 2.54 bits per heavy atom. The molecular formula is C27H30ClN3O4. The summed E-state index contributed by atoms with van der Waals surface area (Å²) < 4.78 is 11.0. The van der Waals surface area contributed by atoms with Gasteiger partial charge in [-0.05, 0) is 36.5 Å². The van der Waals surface area contributed by atoms with Crippen LogP contribution in [0.1, 0.15) is 40.0 Å². The normalized spacial score (nSPS) is 14.1. The van der Waals surface area contributed by atoms with Gasteiger partial charge in [-0.3, -0.25) is 14.7 Å². The monoisotopic (exact) mass is 495 g/mol. The molecule has 0 amide bonds. The first kappa shape index (κ1) is 25.1. The highest BCUT2D eigenvalue weighted by Crippen LogP contribution is 2.30. The molecule has 0 fully saturated rings. The van der Waals surface area contributed by atoms with Crippen molar-refractivity contribution >= 4 is 17.4 Å². The molecule has 7 nitrogen and oxygen atoms in total. The van der Waals surface area contributed by atoms with Crippen LogP contribution in [0.15, 0.2) is 54.9 Å². The molecule has 1 aromatic heterocycles. The van der Waals surface area contributed by atoms with E-state index in [0.29, 0.717) is 19.5 Å². The van der Waals surface area contributed by atoms with E-state index in [1.165, 1.54) is 23.5 Å². The van der Waals surface area contributed by atoms with Crippen LogP contribution >= 0.6 is 11.6 Å². The maximum absolute atomic E-state index is 12.5. The van der Waals surface area contributed by atoms with Crippen LogP contribution in [0, 0.1) is 0 Å². The molecule has 8 heteroatoms. The Bertz CT molecular complexity index is 1150. The van der Waals surface area contributed by atoms with Gasteiger partial charge >= 0.3 is 0 Å². The number of halogens is 1. The van der Waals surface area contributed by atoms with Crippen molar-refractivity contribution < 1.29 is 19.4 Å². The average molecular weight is 496 g/mol. The zero-order chi connectivity index (χ0) is 24.8. The third kappa shape index (κ3) is 6.36. The largest absolute Gasteiger partial charge is 0.497 e. The molecule has 184 valence electrons. The van der Waals surface area contributed by atoms with Crippen LogP contribution < -0.4 is 9.47 Å². The lowest BCUT2D eigenvalue weighted by atomic mass is 10.1. The van der Waals surface area contributed by atoms with Crippen molar-refractivity contribution in [3.63, 3.8) is 0 Å². The van der Waals surface area contributed by atoms with E-state index in [0.717, 1.165) is 29.9 Å². The Kier molecular flexibility index (Phi) is 8.33. The van der Waals surface area contributed by atoms with Crippen molar-refractivity contribution in [3.8, 4) is 11.5 Å². The number of aliphatic hydroxyl groups is 1. The van der Waals surface area contributed by atoms with Gasteiger partial charge in [0.05, 0.1) is 32.7 Å². The van der Waals surface area contributed by atoms with E-state index >= 15 is 0 Å². The Morgan fingerprint density at radius 1 is 1.14 bits per heavy atom. The molecule has 3 aromatic rings. The summed E-state index contributed by atoms with van der Waals surface area (Å²) in [4.78, 5) is 22.7. The molecule has 2 aromatic carbocycles. The zero-order valence-corrected chi connectivity index (χ0v) is 20.7. The molecule has 0 saturated heterocycles. The molecule has 1 aliphatic carbocycles. The number of ether oxygens (including phenoxy) is 2. The number of Topliss-reactive ketones (excluding diaryl/α,β-unsaturated/α-hetero) is 1. The zero-order valence-electron chi connectivity index (χ0n) is 20.0. The van der Waals surface area contributed by atoms with Gasteiger partial charge in [0, 0.05) is 37.2 Å².